The number of hydrogen-bond donors (Lipinski definition) is 0. The minimum absolute atomic E-state index is 0.961. The Morgan fingerprint density at radius 2 is 1.75 bits per heavy atom. The molecule has 2 heterocycles. The first-order valence-corrected chi connectivity index (χ1v) is 9.59. The molecule has 0 aromatic heterocycles. The molecule has 120 valence electrons. The molecule has 3 atom stereocenters. The van der Waals surface area contributed by atoms with Crippen LogP contribution in [0.5, 0.6) is 0 Å². The van der Waals surface area contributed by atoms with Crippen LogP contribution in [-0.4, -0.2) is 24.0 Å². The zero-order valence-electron chi connectivity index (χ0n) is 14.7. The van der Waals surface area contributed by atoms with Crippen LogP contribution >= 0.6 is 0 Å². The number of piperidine rings is 2. The van der Waals surface area contributed by atoms with Gasteiger partial charge in [0, 0.05) is 6.04 Å². The standard InChI is InChI=1S/C17H33N.C2H6/c1-3-5-9-15(4-2)14-16-10-8-13-18-12-7-6-11-17(16)18;1-2/h15-17H,3-14H2,1-2H3;1-2H3. The molecule has 0 aromatic carbocycles. The van der Waals surface area contributed by atoms with E-state index in [1.807, 2.05) is 13.8 Å². The number of nitrogens with zero attached hydrogens (tertiary/aromatic N) is 1. The maximum absolute atomic E-state index is 2.82. The molecule has 2 aliphatic rings. The molecule has 3 unspecified atom stereocenters. The van der Waals surface area contributed by atoms with Gasteiger partial charge in [-0.25, -0.2) is 0 Å². The Balaban J connectivity index is 0.000000956. The first-order chi connectivity index (χ1) is 9.85. The lowest BCUT2D eigenvalue weighted by Crippen LogP contribution is -2.48. The lowest BCUT2D eigenvalue weighted by atomic mass is 9.77. The van der Waals surface area contributed by atoms with Gasteiger partial charge in [-0.2, -0.15) is 0 Å². The predicted molar refractivity (Wildman–Crippen MR) is 91.2 cm³/mol. The molecule has 2 fully saturated rings. The summed E-state index contributed by atoms with van der Waals surface area (Å²) in [4.78, 5) is 2.82. The van der Waals surface area contributed by atoms with Crippen LogP contribution in [0.1, 0.15) is 91.9 Å². The summed E-state index contributed by atoms with van der Waals surface area (Å²) < 4.78 is 0. The van der Waals surface area contributed by atoms with Crippen molar-refractivity contribution in [1.29, 1.82) is 0 Å². The summed E-state index contributed by atoms with van der Waals surface area (Å²) in [6.45, 7) is 11.5. The highest BCUT2D eigenvalue weighted by atomic mass is 15.2. The van der Waals surface area contributed by atoms with E-state index in [0.29, 0.717) is 0 Å². The second kappa shape index (κ2) is 10.7. The van der Waals surface area contributed by atoms with Gasteiger partial charge in [0.25, 0.3) is 0 Å². The molecule has 2 rings (SSSR count). The maximum Gasteiger partial charge on any atom is 0.0124 e. The minimum Gasteiger partial charge on any atom is -0.300 e. The fourth-order valence-electron chi connectivity index (χ4n) is 4.26. The zero-order chi connectivity index (χ0) is 14.8. The normalized spacial score (nSPS) is 28.2. The van der Waals surface area contributed by atoms with E-state index in [-0.39, 0.29) is 0 Å². The van der Waals surface area contributed by atoms with Crippen molar-refractivity contribution in [3.63, 3.8) is 0 Å². The molecule has 20 heavy (non-hydrogen) atoms. The molecule has 0 saturated carbocycles. The van der Waals surface area contributed by atoms with Crippen molar-refractivity contribution in [2.24, 2.45) is 11.8 Å². The summed E-state index contributed by atoms with van der Waals surface area (Å²) in [5.74, 6) is 2.04. The quantitative estimate of drug-likeness (QED) is 0.587. The van der Waals surface area contributed by atoms with Crippen LogP contribution in [0.3, 0.4) is 0 Å². The van der Waals surface area contributed by atoms with Gasteiger partial charge in [-0.3, -0.25) is 0 Å². The van der Waals surface area contributed by atoms with E-state index in [4.69, 9.17) is 0 Å². The molecule has 0 aromatic rings. The highest BCUT2D eigenvalue weighted by Crippen LogP contribution is 2.36. The van der Waals surface area contributed by atoms with Gasteiger partial charge in [0.2, 0.25) is 0 Å². The molecule has 1 heteroatoms. The van der Waals surface area contributed by atoms with E-state index in [0.717, 1.165) is 17.9 Å². The largest absolute Gasteiger partial charge is 0.300 e. The molecule has 1 nitrogen and oxygen atoms in total. The van der Waals surface area contributed by atoms with Crippen molar-refractivity contribution in [1.82, 2.24) is 4.90 Å². The Labute approximate surface area is 128 Å². The predicted octanol–water partition coefficient (Wildman–Crippen LogP) is 5.88. The molecular formula is C19H39N. The van der Waals surface area contributed by atoms with Crippen molar-refractivity contribution in [3.05, 3.63) is 0 Å². The van der Waals surface area contributed by atoms with Crippen molar-refractivity contribution >= 4 is 0 Å². The van der Waals surface area contributed by atoms with Gasteiger partial charge in [0.1, 0.15) is 0 Å². The fraction of sp³-hybridized carbons (Fsp3) is 1.00. The lowest BCUT2D eigenvalue weighted by Gasteiger charge is -2.45. The Kier molecular flexibility index (Phi) is 9.59. The molecule has 0 aliphatic carbocycles. The van der Waals surface area contributed by atoms with Gasteiger partial charge in [-0.05, 0) is 57.0 Å². The van der Waals surface area contributed by atoms with E-state index in [9.17, 15) is 0 Å². The fourth-order valence-corrected chi connectivity index (χ4v) is 4.26. The second-order valence-corrected chi connectivity index (χ2v) is 6.65. The van der Waals surface area contributed by atoms with Crippen molar-refractivity contribution < 1.29 is 0 Å². The zero-order valence-corrected chi connectivity index (χ0v) is 14.7. The van der Waals surface area contributed by atoms with Crippen LogP contribution in [0, 0.1) is 11.8 Å². The summed E-state index contributed by atoms with van der Waals surface area (Å²) in [5, 5.41) is 0. The molecule has 0 amide bonds. The molecule has 0 bridgehead atoms. The van der Waals surface area contributed by atoms with Crippen LogP contribution in [0.2, 0.25) is 0 Å². The van der Waals surface area contributed by atoms with Crippen molar-refractivity contribution in [2.45, 2.75) is 97.9 Å². The average Bonchev–Trinajstić information content (AvgIpc) is 2.53. The third-order valence-electron chi connectivity index (χ3n) is 5.41. The van der Waals surface area contributed by atoms with Crippen LogP contribution in [0.25, 0.3) is 0 Å². The Morgan fingerprint density at radius 1 is 1.00 bits per heavy atom. The highest BCUT2D eigenvalue weighted by molar-refractivity contribution is 4.88. The van der Waals surface area contributed by atoms with Crippen LogP contribution in [0.15, 0.2) is 0 Å². The smallest absolute Gasteiger partial charge is 0.0124 e. The van der Waals surface area contributed by atoms with E-state index in [2.05, 4.69) is 18.7 Å². The van der Waals surface area contributed by atoms with Crippen molar-refractivity contribution in [2.75, 3.05) is 13.1 Å². The molecular weight excluding hydrogens is 242 g/mol. The number of hydrogen-bond acceptors (Lipinski definition) is 1. The number of rotatable bonds is 6. The summed E-state index contributed by atoms with van der Waals surface area (Å²) in [6.07, 6.45) is 14.6. The molecule has 0 radical (unpaired) electrons. The van der Waals surface area contributed by atoms with Gasteiger partial charge in [0.15, 0.2) is 0 Å². The van der Waals surface area contributed by atoms with Gasteiger partial charge in [-0.15, -0.1) is 0 Å². The molecule has 0 N–H and O–H groups in total. The minimum atomic E-state index is 0.961. The van der Waals surface area contributed by atoms with Gasteiger partial charge >= 0.3 is 0 Å². The van der Waals surface area contributed by atoms with E-state index >= 15 is 0 Å². The average molecular weight is 282 g/mol. The Bertz CT molecular complexity index is 224. The summed E-state index contributed by atoms with van der Waals surface area (Å²) >= 11 is 0. The maximum atomic E-state index is 2.82. The van der Waals surface area contributed by atoms with E-state index < -0.39 is 0 Å². The monoisotopic (exact) mass is 281 g/mol. The van der Waals surface area contributed by atoms with Crippen LogP contribution < -0.4 is 0 Å². The summed E-state index contributed by atoms with van der Waals surface area (Å²) in [5.41, 5.74) is 0. The molecule has 2 aliphatic heterocycles. The van der Waals surface area contributed by atoms with E-state index in [1.165, 1.54) is 77.3 Å². The third-order valence-corrected chi connectivity index (χ3v) is 5.41. The number of fused-ring (bicyclic) bond motifs is 1. The van der Waals surface area contributed by atoms with Gasteiger partial charge in [0.05, 0.1) is 0 Å². The van der Waals surface area contributed by atoms with Gasteiger partial charge < -0.3 is 4.90 Å². The molecule has 0 spiro atoms. The van der Waals surface area contributed by atoms with E-state index in [1.54, 1.807) is 0 Å². The Hall–Kier alpha value is -0.0400. The Morgan fingerprint density at radius 3 is 2.45 bits per heavy atom. The third kappa shape index (κ3) is 5.39. The van der Waals surface area contributed by atoms with Crippen molar-refractivity contribution in [3.8, 4) is 0 Å². The van der Waals surface area contributed by atoms with Crippen LogP contribution in [0.4, 0.5) is 0 Å². The second-order valence-electron chi connectivity index (χ2n) is 6.65. The topological polar surface area (TPSA) is 3.24 Å². The molecule has 2 saturated heterocycles. The van der Waals surface area contributed by atoms with Gasteiger partial charge in [-0.1, -0.05) is 59.8 Å². The highest BCUT2D eigenvalue weighted by Gasteiger charge is 2.33. The summed E-state index contributed by atoms with van der Waals surface area (Å²) in [7, 11) is 0. The number of unbranched alkanes of at least 4 members (excludes halogenated alkanes) is 1. The first-order valence-electron chi connectivity index (χ1n) is 9.59. The SMILES string of the molecule is CC.CCCCC(CC)CC1CCCN2CCCCC12. The summed E-state index contributed by atoms with van der Waals surface area (Å²) in [6, 6.07) is 0.961. The lowest BCUT2D eigenvalue weighted by molar-refractivity contribution is 0.0469. The van der Waals surface area contributed by atoms with Crippen LogP contribution in [-0.2, 0) is 0 Å². The first kappa shape index (κ1) is 18.0.